The average molecular weight is 427 g/mol. The monoisotopic (exact) mass is 426 g/mol. The number of amides is 1. The van der Waals surface area contributed by atoms with Gasteiger partial charge in [-0.3, -0.25) is 9.59 Å². The predicted octanol–water partition coefficient (Wildman–Crippen LogP) is 1.44. The summed E-state index contributed by atoms with van der Waals surface area (Å²) in [4.78, 5) is 25.9. The van der Waals surface area contributed by atoms with Gasteiger partial charge >= 0.3 is 5.97 Å². The van der Waals surface area contributed by atoms with Crippen LogP contribution in [0.4, 0.5) is 0 Å². The molecule has 1 aromatic carbocycles. The van der Waals surface area contributed by atoms with Crippen LogP contribution in [0.1, 0.15) is 39.7 Å². The molecule has 0 spiro atoms. The summed E-state index contributed by atoms with van der Waals surface area (Å²) in [6.07, 6.45) is -1.08. The van der Waals surface area contributed by atoms with Crippen LogP contribution in [-0.2, 0) is 34.5 Å². The van der Waals surface area contributed by atoms with Crippen molar-refractivity contribution in [3.05, 3.63) is 29.8 Å². The molecule has 1 aliphatic rings. The van der Waals surface area contributed by atoms with Gasteiger partial charge in [0.05, 0.1) is 24.5 Å². The van der Waals surface area contributed by atoms with Crippen molar-refractivity contribution in [3.63, 3.8) is 0 Å². The van der Waals surface area contributed by atoms with Gasteiger partial charge in [0.15, 0.2) is 6.10 Å². The number of nitrogens with zero attached hydrogens (tertiary/aromatic N) is 1. The predicted molar refractivity (Wildman–Crippen MR) is 108 cm³/mol. The van der Waals surface area contributed by atoms with Crippen molar-refractivity contribution < 1.29 is 27.5 Å². The van der Waals surface area contributed by atoms with Crippen LogP contribution in [0.25, 0.3) is 0 Å². The average Bonchev–Trinajstić information content (AvgIpc) is 2.67. The molecule has 1 amide bonds. The Hall–Kier alpha value is -1.97. The Morgan fingerprint density at radius 1 is 1.17 bits per heavy atom. The molecular formula is C20H30N2O6S. The molecule has 8 nitrogen and oxygen atoms in total. The van der Waals surface area contributed by atoms with Gasteiger partial charge in [-0.1, -0.05) is 32.9 Å². The van der Waals surface area contributed by atoms with E-state index in [1.807, 2.05) is 20.8 Å². The molecule has 1 saturated heterocycles. The summed E-state index contributed by atoms with van der Waals surface area (Å²) in [6.45, 7) is 9.40. The second-order valence-corrected chi connectivity index (χ2v) is 9.76. The quantitative estimate of drug-likeness (QED) is 0.662. The van der Waals surface area contributed by atoms with Crippen LogP contribution in [-0.4, -0.2) is 64.1 Å². The number of hydrogen-bond acceptors (Lipinski definition) is 6. The Bertz CT molecular complexity index is 808. The molecule has 1 fully saturated rings. The van der Waals surface area contributed by atoms with E-state index in [4.69, 9.17) is 9.47 Å². The zero-order chi connectivity index (χ0) is 21.7. The number of esters is 1. The van der Waals surface area contributed by atoms with Gasteiger partial charge in [0.1, 0.15) is 0 Å². The summed E-state index contributed by atoms with van der Waals surface area (Å²) in [5.74, 6) is -0.911. The van der Waals surface area contributed by atoms with E-state index in [0.29, 0.717) is 26.3 Å². The van der Waals surface area contributed by atoms with E-state index in [1.165, 1.54) is 6.92 Å². The highest BCUT2D eigenvalue weighted by Crippen LogP contribution is 2.23. The molecule has 29 heavy (non-hydrogen) atoms. The molecule has 2 rings (SSSR count). The minimum atomic E-state index is -3.73. The fourth-order valence-electron chi connectivity index (χ4n) is 2.85. The summed E-state index contributed by atoms with van der Waals surface area (Å²) in [7, 11) is -3.73. The lowest BCUT2D eigenvalue weighted by molar-refractivity contribution is -0.160. The fourth-order valence-corrected chi connectivity index (χ4v) is 3.88. The molecule has 0 saturated carbocycles. The highest BCUT2D eigenvalue weighted by atomic mass is 32.2. The van der Waals surface area contributed by atoms with Crippen LogP contribution in [0.15, 0.2) is 29.2 Å². The van der Waals surface area contributed by atoms with Gasteiger partial charge in [-0.15, -0.1) is 0 Å². The summed E-state index contributed by atoms with van der Waals surface area (Å²) in [5.41, 5.74) is 0.952. The summed E-state index contributed by atoms with van der Waals surface area (Å²) >= 11 is 0. The van der Waals surface area contributed by atoms with Gasteiger partial charge < -0.3 is 14.4 Å². The van der Waals surface area contributed by atoms with Gasteiger partial charge in [0.25, 0.3) is 5.91 Å². The number of benzene rings is 1. The molecule has 1 heterocycles. The largest absolute Gasteiger partial charge is 0.452 e. The summed E-state index contributed by atoms with van der Waals surface area (Å²) in [6, 6.07) is 6.65. The lowest BCUT2D eigenvalue weighted by atomic mass is 9.87. The number of morpholine rings is 1. The van der Waals surface area contributed by atoms with Crippen LogP contribution < -0.4 is 4.72 Å². The van der Waals surface area contributed by atoms with Crippen LogP contribution in [0.2, 0.25) is 0 Å². The van der Waals surface area contributed by atoms with E-state index >= 15 is 0 Å². The summed E-state index contributed by atoms with van der Waals surface area (Å²) in [5, 5.41) is 0. The van der Waals surface area contributed by atoms with Crippen molar-refractivity contribution in [2.75, 3.05) is 32.8 Å². The van der Waals surface area contributed by atoms with Crippen molar-refractivity contribution in [2.24, 2.45) is 0 Å². The third kappa shape index (κ3) is 6.80. The first-order valence-corrected chi connectivity index (χ1v) is 11.2. The number of nitrogens with one attached hydrogen (secondary N) is 1. The first-order chi connectivity index (χ1) is 13.5. The molecule has 0 aliphatic carbocycles. The number of sulfonamides is 1. The molecular weight excluding hydrogens is 396 g/mol. The maximum atomic E-state index is 12.4. The number of ether oxygens (including phenoxy) is 2. The Morgan fingerprint density at radius 3 is 2.31 bits per heavy atom. The fraction of sp³-hybridized carbons (Fsp3) is 0.600. The lowest BCUT2D eigenvalue weighted by Gasteiger charge is -2.28. The molecule has 0 radical (unpaired) electrons. The minimum Gasteiger partial charge on any atom is -0.452 e. The van der Waals surface area contributed by atoms with E-state index < -0.39 is 22.1 Å². The number of carbonyl (C=O) groups excluding carboxylic acids is 2. The Balaban J connectivity index is 1.81. The number of carbonyl (C=O) groups is 2. The molecule has 0 aromatic heterocycles. The van der Waals surface area contributed by atoms with Crippen molar-refractivity contribution >= 4 is 21.9 Å². The van der Waals surface area contributed by atoms with E-state index in [9.17, 15) is 18.0 Å². The second kappa shape index (κ2) is 9.69. The molecule has 0 unspecified atom stereocenters. The van der Waals surface area contributed by atoms with Crippen molar-refractivity contribution in [2.45, 2.75) is 50.5 Å². The highest BCUT2D eigenvalue weighted by molar-refractivity contribution is 7.89. The molecule has 9 heteroatoms. The van der Waals surface area contributed by atoms with Crippen LogP contribution in [0, 0.1) is 0 Å². The van der Waals surface area contributed by atoms with Crippen molar-refractivity contribution in [3.8, 4) is 0 Å². The molecule has 1 N–H and O–H groups in total. The number of rotatable bonds is 7. The summed E-state index contributed by atoms with van der Waals surface area (Å²) < 4.78 is 37.5. The third-order valence-electron chi connectivity index (χ3n) is 4.63. The molecule has 1 aromatic rings. The molecule has 162 valence electrons. The van der Waals surface area contributed by atoms with Gasteiger partial charge in [-0.05, 0) is 30.0 Å². The van der Waals surface area contributed by atoms with E-state index in [0.717, 1.165) is 5.56 Å². The SMILES string of the molecule is C[C@H](OC(=O)CCNS(=O)(=O)c1ccc(C(C)(C)C)cc1)C(=O)N1CCOCC1. The Kier molecular flexibility index (Phi) is 7.79. The van der Waals surface area contributed by atoms with Crippen LogP contribution in [0.5, 0.6) is 0 Å². The Morgan fingerprint density at radius 2 is 1.76 bits per heavy atom. The number of hydrogen-bond donors (Lipinski definition) is 1. The van der Waals surface area contributed by atoms with E-state index in [1.54, 1.807) is 29.2 Å². The Labute approximate surface area is 172 Å². The third-order valence-corrected chi connectivity index (χ3v) is 6.11. The minimum absolute atomic E-state index is 0.0746. The molecule has 1 atom stereocenters. The topological polar surface area (TPSA) is 102 Å². The smallest absolute Gasteiger partial charge is 0.307 e. The maximum Gasteiger partial charge on any atom is 0.307 e. The maximum absolute atomic E-state index is 12.4. The van der Waals surface area contributed by atoms with E-state index in [-0.39, 0.29) is 29.2 Å². The first-order valence-electron chi connectivity index (χ1n) is 9.67. The first kappa shape index (κ1) is 23.3. The molecule has 1 aliphatic heterocycles. The zero-order valence-electron chi connectivity index (χ0n) is 17.4. The van der Waals surface area contributed by atoms with Crippen molar-refractivity contribution in [1.82, 2.24) is 9.62 Å². The van der Waals surface area contributed by atoms with Gasteiger partial charge in [-0.25, -0.2) is 13.1 Å². The van der Waals surface area contributed by atoms with Crippen LogP contribution in [0.3, 0.4) is 0 Å². The van der Waals surface area contributed by atoms with Crippen LogP contribution >= 0.6 is 0 Å². The normalized spacial score (nSPS) is 16.3. The van der Waals surface area contributed by atoms with E-state index in [2.05, 4.69) is 4.72 Å². The lowest BCUT2D eigenvalue weighted by Crippen LogP contribution is -2.46. The van der Waals surface area contributed by atoms with Gasteiger partial charge in [0.2, 0.25) is 10.0 Å². The van der Waals surface area contributed by atoms with Gasteiger partial charge in [-0.2, -0.15) is 0 Å². The standard InChI is InChI=1S/C20H30N2O6S/c1-15(19(24)22-11-13-27-14-12-22)28-18(23)9-10-21-29(25,26)17-7-5-16(6-8-17)20(2,3)4/h5-8,15,21H,9-14H2,1-4H3/t15-/m0/s1. The zero-order valence-corrected chi connectivity index (χ0v) is 18.3. The second-order valence-electron chi connectivity index (χ2n) is 7.99. The van der Waals surface area contributed by atoms with Gasteiger partial charge in [0, 0.05) is 19.6 Å². The highest BCUT2D eigenvalue weighted by Gasteiger charge is 2.25. The molecule has 0 bridgehead atoms. The van der Waals surface area contributed by atoms with Crippen molar-refractivity contribution in [1.29, 1.82) is 0 Å².